The lowest BCUT2D eigenvalue weighted by Gasteiger charge is -2.36. The summed E-state index contributed by atoms with van der Waals surface area (Å²) in [6, 6.07) is 0.0220. The van der Waals surface area contributed by atoms with Gasteiger partial charge in [0.25, 0.3) is 0 Å². The molecule has 1 aliphatic heterocycles. The SMILES string of the molecule is CC.CNC(=O)C1CN(C)CCN1C. The zero-order chi connectivity index (χ0) is 11.1. The van der Waals surface area contributed by atoms with Gasteiger partial charge in [0.1, 0.15) is 6.04 Å². The predicted molar refractivity (Wildman–Crippen MR) is 59.3 cm³/mol. The number of carbonyl (C=O) groups is 1. The third kappa shape index (κ3) is 3.64. The Bertz CT molecular complexity index is 173. The average molecular weight is 201 g/mol. The van der Waals surface area contributed by atoms with E-state index in [0.29, 0.717) is 0 Å². The summed E-state index contributed by atoms with van der Waals surface area (Å²) in [5.74, 6) is 0.115. The van der Waals surface area contributed by atoms with Gasteiger partial charge in [0.2, 0.25) is 5.91 Å². The number of piperazine rings is 1. The molecule has 1 unspecified atom stereocenters. The average Bonchev–Trinajstić information content (AvgIpc) is 2.23. The third-order valence-electron chi connectivity index (χ3n) is 2.40. The topological polar surface area (TPSA) is 35.6 Å². The molecule has 0 bridgehead atoms. The normalized spacial score (nSPS) is 23.6. The fourth-order valence-electron chi connectivity index (χ4n) is 1.46. The van der Waals surface area contributed by atoms with Crippen LogP contribution in [0.2, 0.25) is 0 Å². The Morgan fingerprint density at radius 2 is 1.86 bits per heavy atom. The van der Waals surface area contributed by atoms with Crippen LogP contribution in [0.4, 0.5) is 0 Å². The first-order chi connectivity index (χ1) is 6.65. The van der Waals surface area contributed by atoms with E-state index in [4.69, 9.17) is 0 Å². The first-order valence-electron chi connectivity index (χ1n) is 5.25. The van der Waals surface area contributed by atoms with Crippen molar-refractivity contribution in [2.24, 2.45) is 0 Å². The number of carbonyl (C=O) groups excluding carboxylic acids is 1. The number of rotatable bonds is 1. The Hall–Kier alpha value is -0.610. The maximum atomic E-state index is 11.3. The van der Waals surface area contributed by atoms with E-state index in [1.165, 1.54) is 0 Å². The van der Waals surface area contributed by atoms with Gasteiger partial charge in [0.15, 0.2) is 0 Å². The second-order valence-corrected chi connectivity index (χ2v) is 3.37. The number of likely N-dealkylation sites (N-methyl/N-ethyl adjacent to an activating group) is 3. The Kier molecular flexibility index (Phi) is 6.49. The first kappa shape index (κ1) is 13.4. The number of amides is 1. The largest absolute Gasteiger partial charge is 0.358 e. The maximum absolute atomic E-state index is 11.3. The Morgan fingerprint density at radius 1 is 1.29 bits per heavy atom. The molecule has 0 aromatic carbocycles. The van der Waals surface area contributed by atoms with E-state index in [-0.39, 0.29) is 11.9 Å². The molecule has 0 radical (unpaired) electrons. The van der Waals surface area contributed by atoms with Crippen LogP contribution in [0.3, 0.4) is 0 Å². The molecule has 84 valence electrons. The molecule has 1 amide bonds. The molecule has 0 aliphatic carbocycles. The standard InChI is InChI=1S/C8H17N3O.C2H6/c1-9-8(12)7-6-10(2)4-5-11(7)3;1-2/h7H,4-6H2,1-3H3,(H,9,12);1-2H3. The monoisotopic (exact) mass is 201 g/mol. The van der Waals surface area contributed by atoms with Gasteiger partial charge in [0.05, 0.1) is 0 Å². The first-order valence-corrected chi connectivity index (χ1v) is 5.25. The summed E-state index contributed by atoms with van der Waals surface area (Å²) >= 11 is 0. The van der Waals surface area contributed by atoms with Crippen molar-refractivity contribution in [2.75, 3.05) is 40.8 Å². The Morgan fingerprint density at radius 3 is 2.36 bits per heavy atom. The van der Waals surface area contributed by atoms with Gasteiger partial charge >= 0.3 is 0 Å². The van der Waals surface area contributed by atoms with Crippen LogP contribution in [0.5, 0.6) is 0 Å². The van der Waals surface area contributed by atoms with Crippen molar-refractivity contribution in [1.29, 1.82) is 0 Å². The van der Waals surface area contributed by atoms with Crippen LogP contribution in [0.25, 0.3) is 0 Å². The fraction of sp³-hybridized carbons (Fsp3) is 0.900. The summed E-state index contributed by atoms with van der Waals surface area (Å²) in [6.07, 6.45) is 0. The van der Waals surface area contributed by atoms with Crippen LogP contribution >= 0.6 is 0 Å². The van der Waals surface area contributed by atoms with Crippen LogP contribution in [0.1, 0.15) is 13.8 Å². The van der Waals surface area contributed by atoms with Gasteiger partial charge in [-0.3, -0.25) is 9.69 Å². The quantitative estimate of drug-likeness (QED) is 0.649. The van der Waals surface area contributed by atoms with Crippen molar-refractivity contribution in [1.82, 2.24) is 15.1 Å². The molecule has 4 heteroatoms. The molecule has 0 aromatic rings. The van der Waals surface area contributed by atoms with E-state index in [1.54, 1.807) is 7.05 Å². The summed E-state index contributed by atoms with van der Waals surface area (Å²) < 4.78 is 0. The molecule has 14 heavy (non-hydrogen) atoms. The molecule has 1 rings (SSSR count). The highest BCUT2D eigenvalue weighted by molar-refractivity contribution is 5.81. The van der Waals surface area contributed by atoms with Crippen molar-refractivity contribution in [3.63, 3.8) is 0 Å². The molecule has 0 aromatic heterocycles. The number of hydrogen-bond donors (Lipinski definition) is 1. The van der Waals surface area contributed by atoms with Crippen molar-refractivity contribution < 1.29 is 4.79 Å². The predicted octanol–water partition coefficient (Wildman–Crippen LogP) is 0.00440. The van der Waals surface area contributed by atoms with E-state index in [2.05, 4.69) is 15.1 Å². The highest BCUT2D eigenvalue weighted by atomic mass is 16.2. The molecular formula is C10H23N3O. The van der Waals surface area contributed by atoms with Crippen LogP contribution in [-0.4, -0.2) is 62.5 Å². The molecule has 0 spiro atoms. The van der Waals surface area contributed by atoms with Gasteiger partial charge in [-0.1, -0.05) is 13.8 Å². The minimum atomic E-state index is 0.0220. The number of nitrogens with zero attached hydrogens (tertiary/aromatic N) is 2. The lowest BCUT2D eigenvalue weighted by atomic mass is 10.2. The van der Waals surface area contributed by atoms with E-state index in [0.717, 1.165) is 19.6 Å². The highest BCUT2D eigenvalue weighted by Gasteiger charge is 2.27. The molecule has 1 aliphatic rings. The van der Waals surface area contributed by atoms with Crippen molar-refractivity contribution in [3.05, 3.63) is 0 Å². The highest BCUT2D eigenvalue weighted by Crippen LogP contribution is 2.05. The third-order valence-corrected chi connectivity index (χ3v) is 2.40. The minimum absolute atomic E-state index is 0.0220. The van der Waals surface area contributed by atoms with Crippen LogP contribution < -0.4 is 5.32 Å². The lowest BCUT2D eigenvalue weighted by Crippen LogP contribution is -2.56. The van der Waals surface area contributed by atoms with E-state index >= 15 is 0 Å². The Balaban J connectivity index is 0.000000791. The molecular weight excluding hydrogens is 178 g/mol. The van der Waals surface area contributed by atoms with Gasteiger partial charge in [-0.25, -0.2) is 0 Å². The zero-order valence-electron chi connectivity index (χ0n) is 10.0. The molecule has 0 saturated carbocycles. The van der Waals surface area contributed by atoms with Gasteiger partial charge < -0.3 is 10.2 Å². The number of nitrogens with one attached hydrogen (secondary N) is 1. The molecule has 1 atom stereocenters. The summed E-state index contributed by atoms with van der Waals surface area (Å²) in [5, 5.41) is 2.68. The summed E-state index contributed by atoms with van der Waals surface area (Å²) in [4.78, 5) is 15.6. The van der Waals surface area contributed by atoms with Crippen LogP contribution in [0, 0.1) is 0 Å². The zero-order valence-corrected chi connectivity index (χ0v) is 10.0. The van der Waals surface area contributed by atoms with Crippen LogP contribution in [-0.2, 0) is 4.79 Å². The molecule has 1 N–H and O–H groups in total. The summed E-state index contributed by atoms with van der Waals surface area (Å²) in [7, 11) is 5.72. The minimum Gasteiger partial charge on any atom is -0.358 e. The lowest BCUT2D eigenvalue weighted by molar-refractivity contribution is -0.127. The van der Waals surface area contributed by atoms with Gasteiger partial charge in [-0.2, -0.15) is 0 Å². The maximum Gasteiger partial charge on any atom is 0.238 e. The second-order valence-electron chi connectivity index (χ2n) is 3.37. The molecule has 1 heterocycles. The smallest absolute Gasteiger partial charge is 0.238 e. The van der Waals surface area contributed by atoms with Gasteiger partial charge in [0, 0.05) is 26.7 Å². The van der Waals surface area contributed by atoms with Gasteiger partial charge in [-0.15, -0.1) is 0 Å². The second kappa shape index (κ2) is 6.79. The van der Waals surface area contributed by atoms with Crippen molar-refractivity contribution >= 4 is 5.91 Å². The number of hydrogen-bond acceptors (Lipinski definition) is 3. The summed E-state index contributed by atoms with van der Waals surface area (Å²) in [6.45, 7) is 6.84. The fourth-order valence-corrected chi connectivity index (χ4v) is 1.46. The molecule has 4 nitrogen and oxygen atoms in total. The summed E-state index contributed by atoms with van der Waals surface area (Å²) in [5.41, 5.74) is 0. The Labute approximate surface area is 87.3 Å². The van der Waals surface area contributed by atoms with E-state index in [1.807, 2.05) is 27.9 Å². The van der Waals surface area contributed by atoms with E-state index in [9.17, 15) is 4.79 Å². The van der Waals surface area contributed by atoms with Crippen LogP contribution in [0.15, 0.2) is 0 Å². The van der Waals surface area contributed by atoms with E-state index < -0.39 is 0 Å². The van der Waals surface area contributed by atoms with Crippen molar-refractivity contribution in [3.8, 4) is 0 Å². The van der Waals surface area contributed by atoms with Gasteiger partial charge in [-0.05, 0) is 14.1 Å². The molecule has 1 fully saturated rings. The molecule has 1 saturated heterocycles. The van der Waals surface area contributed by atoms with Crippen molar-refractivity contribution in [2.45, 2.75) is 19.9 Å².